The van der Waals surface area contributed by atoms with Crippen LogP contribution in [-0.2, 0) is 0 Å². The number of benzene rings is 1. The molecule has 0 aliphatic heterocycles. The number of hydrogen-bond donors (Lipinski definition) is 1. The fraction of sp³-hybridized carbons (Fsp3) is 0.214. The monoisotopic (exact) mass is 324 g/mol. The van der Waals surface area contributed by atoms with Gasteiger partial charge in [-0.1, -0.05) is 22.0 Å². The molecule has 0 fully saturated rings. The van der Waals surface area contributed by atoms with Crippen LogP contribution in [0.1, 0.15) is 18.5 Å². The van der Waals surface area contributed by atoms with Gasteiger partial charge in [0.25, 0.3) is 0 Å². The van der Waals surface area contributed by atoms with Crippen molar-refractivity contribution in [2.24, 2.45) is 0 Å². The lowest BCUT2D eigenvalue weighted by atomic mass is 10.1. The van der Waals surface area contributed by atoms with Crippen LogP contribution in [0.3, 0.4) is 0 Å². The van der Waals surface area contributed by atoms with Gasteiger partial charge in [-0.3, -0.25) is 0 Å². The number of ether oxygens (including phenoxy) is 1. The van der Waals surface area contributed by atoms with Gasteiger partial charge in [-0.05, 0) is 38.2 Å². The molecule has 1 atom stereocenters. The molecular formula is C14H14BrFN2O. The summed E-state index contributed by atoms with van der Waals surface area (Å²) in [6.07, 6.45) is 1.62. The summed E-state index contributed by atoms with van der Waals surface area (Å²) >= 11 is 3.29. The van der Waals surface area contributed by atoms with Crippen molar-refractivity contribution in [3.63, 3.8) is 0 Å². The molecule has 3 nitrogen and oxygen atoms in total. The summed E-state index contributed by atoms with van der Waals surface area (Å²) in [6.45, 7) is 1.99. The van der Waals surface area contributed by atoms with Crippen molar-refractivity contribution in [2.75, 3.05) is 7.05 Å². The molecule has 5 heteroatoms. The topological polar surface area (TPSA) is 34.2 Å². The van der Waals surface area contributed by atoms with Crippen LogP contribution >= 0.6 is 15.9 Å². The number of nitrogens with one attached hydrogen (secondary N) is 1. The zero-order chi connectivity index (χ0) is 13.8. The second-order valence-electron chi connectivity index (χ2n) is 4.08. The molecule has 19 heavy (non-hydrogen) atoms. The van der Waals surface area contributed by atoms with E-state index in [1.54, 1.807) is 18.3 Å². The fourth-order valence-corrected chi connectivity index (χ4v) is 1.97. The van der Waals surface area contributed by atoms with Crippen LogP contribution in [0, 0.1) is 5.82 Å². The molecule has 2 rings (SSSR count). The van der Waals surface area contributed by atoms with E-state index in [1.807, 2.05) is 26.1 Å². The van der Waals surface area contributed by atoms with E-state index in [0.29, 0.717) is 5.88 Å². The number of rotatable bonds is 4. The smallest absolute Gasteiger partial charge is 0.224 e. The maximum absolute atomic E-state index is 13.7. The molecule has 2 aromatic rings. The number of nitrogens with zero attached hydrogens (tertiary/aromatic N) is 1. The Morgan fingerprint density at radius 1 is 1.37 bits per heavy atom. The van der Waals surface area contributed by atoms with E-state index < -0.39 is 5.82 Å². The third-order valence-electron chi connectivity index (χ3n) is 2.80. The summed E-state index contributed by atoms with van der Waals surface area (Å²) in [4.78, 5) is 4.17. The van der Waals surface area contributed by atoms with Crippen LogP contribution < -0.4 is 10.1 Å². The van der Waals surface area contributed by atoms with Crippen LogP contribution in [0.2, 0.25) is 0 Å². The van der Waals surface area contributed by atoms with E-state index in [1.165, 1.54) is 6.07 Å². The molecule has 0 aliphatic carbocycles. The Balaban J connectivity index is 2.35. The van der Waals surface area contributed by atoms with E-state index in [9.17, 15) is 4.39 Å². The summed E-state index contributed by atoms with van der Waals surface area (Å²) < 4.78 is 20.0. The molecule has 1 aromatic carbocycles. The molecule has 0 aliphatic rings. The van der Waals surface area contributed by atoms with Crippen molar-refractivity contribution < 1.29 is 9.13 Å². The Kier molecular flexibility index (Phi) is 4.50. The summed E-state index contributed by atoms with van der Waals surface area (Å²) in [6, 6.07) is 8.35. The van der Waals surface area contributed by atoms with E-state index in [2.05, 4.69) is 26.2 Å². The van der Waals surface area contributed by atoms with Crippen molar-refractivity contribution in [3.8, 4) is 11.6 Å². The lowest BCUT2D eigenvalue weighted by Crippen LogP contribution is -2.13. The van der Waals surface area contributed by atoms with Gasteiger partial charge in [0.05, 0.1) is 0 Å². The predicted octanol–water partition coefficient (Wildman–Crippen LogP) is 4.06. The van der Waals surface area contributed by atoms with Crippen molar-refractivity contribution in [2.45, 2.75) is 13.0 Å². The molecule has 1 heterocycles. The first-order valence-corrected chi connectivity index (χ1v) is 6.66. The van der Waals surface area contributed by atoms with E-state index in [-0.39, 0.29) is 11.8 Å². The lowest BCUT2D eigenvalue weighted by Gasteiger charge is -2.15. The Morgan fingerprint density at radius 3 is 2.89 bits per heavy atom. The minimum atomic E-state index is -0.420. The van der Waals surface area contributed by atoms with Gasteiger partial charge in [-0.25, -0.2) is 9.37 Å². The largest absolute Gasteiger partial charge is 0.436 e. The number of halogens is 2. The third kappa shape index (κ3) is 3.30. The first-order chi connectivity index (χ1) is 9.11. The van der Waals surface area contributed by atoms with Crippen molar-refractivity contribution in [1.29, 1.82) is 0 Å². The van der Waals surface area contributed by atoms with Gasteiger partial charge in [0.1, 0.15) is 0 Å². The van der Waals surface area contributed by atoms with Gasteiger partial charge in [0.15, 0.2) is 11.6 Å². The molecule has 0 saturated carbocycles. The second kappa shape index (κ2) is 6.12. The highest BCUT2D eigenvalue weighted by atomic mass is 79.9. The Hall–Kier alpha value is -1.46. The van der Waals surface area contributed by atoms with Crippen molar-refractivity contribution >= 4 is 15.9 Å². The van der Waals surface area contributed by atoms with Gasteiger partial charge in [0, 0.05) is 22.3 Å². The third-order valence-corrected chi connectivity index (χ3v) is 3.29. The van der Waals surface area contributed by atoms with Gasteiger partial charge in [-0.15, -0.1) is 0 Å². The van der Waals surface area contributed by atoms with E-state index in [0.717, 1.165) is 10.0 Å². The molecule has 100 valence electrons. The molecule has 1 aromatic heterocycles. The van der Waals surface area contributed by atoms with Crippen molar-refractivity contribution in [3.05, 3.63) is 52.4 Å². The lowest BCUT2D eigenvalue weighted by molar-refractivity contribution is 0.416. The van der Waals surface area contributed by atoms with Gasteiger partial charge in [0.2, 0.25) is 5.88 Å². The van der Waals surface area contributed by atoms with Gasteiger partial charge < -0.3 is 10.1 Å². The first-order valence-electron chi connectivity index (χ1n) is 5.87. The minimum absolute atomic E-state index is 0.0684. The maximum Gasteiger partial charge on any atom is 0.224 e. The van der Waals surface area contributed by atoms with Crippen LogP contribution in [0.25, 0.3) is 0 Å². The normalized spacial score (nSPS) is 12.2. The summed E-state index contributed by atoms with van der Waals surface area (Å²) in [7, 11) is 1.85. The van der Waals surface area contributed by atoms with Crippen molar-refractivity contribution in [1.82, 2.24) is 10.3 Å². The SMILES string of the molecule is CNC(C)c1cccnc1Oc1cc(Br)ccc1F. The summed E-state index contributed by atoms with van der Waals surface area (Å²) in [5, 5.41) is 3.11. The van der Waals surface area contributed by atoms with Gasteiger partial charge in [-0.2, -0.15) is 0 Å². The highest BCUT2D eigenvalue weighted by Gasteiger charge is 2.13. The molecule has 0 radical (unpaired) electrons. The minimum Gasteiger partial charge on any atom is -0.436 e. The fourth-order valence-electron chi connectivity index (χ4n) is 1.63. The van der Waals surface area contributed by atoms with Crippen LogP contribution in [0.15, 0.2) is 41.0 Å². The quantitative estimate of drug-likeness (QED) is 0.921. The summed E-state index contributed by atoms with van der Waals surface area (Å²) in [5.74, 6) is 0.135. The number of pyridine rings is 1. The zero-order valence-corrected chi connectivity index (χ0v) is 12.2. The average molecular weight is 325 g/mol. The molecule has 0 bridgehead atoms. The Labute approximate surface area is 119 Å². The average Bonchev–Trinajstić information content (AvgIpc) is 2.42. The molecule has 0 amide bonds. The van der Waals surface area contributed by atoms with Crippen LogP contribution in [-0.4, -0.2) is 12.0 Å². The zero-order valence-electron chi connectivity index (χ0n) is 10.7. The van der Waals surface area contributed by atoms with E-state index in [4.69, 9.17) is 4.74 Å². The highest BCUT2D eigenvalue weighted by Crippen LogP contribution is 2.30. The van der Waals surface area contributed by atoms with Gasteiger partial charge >= 0.3 is 0 Å². The molecular weight excluding hydrogens is 311 g/mol. The molecule has 0 spiro atoms. The first kappa shape index (κ1) is 14.0. The number of aromatic nitrogens is 1. The number of hydrogen-bond acceptors (Lipinski definition) is 3. The Morgan fingerprint density at radius 2 is 2.16 bits per heavy atom. The standard InChI is InChI=1S/C14H14BrFN2O/c1-9(17-2)11-4-3-7-18-14(11)19-13-8-10(15)5-6-12(13)16/h3-9,17H,1-2H3. The predicted molar refractivity (Wildman–Crippen MR) is 75.9 cm³/mol. The molecule has 1 N–H and O–H groups in total. The second-order valence-corrected chi connectivity index (χ2v) is 5.00. The van der Waals surface area contributed by atoms with Crippen LogP contribution in [0.4, 0.5) is 4.39 Å². The summed E-state index contributed by atoms with van der Waals surface area (Å²) in [5.41, 5.74) is 0.879. The van der Waals surface area contributed by atoms with E-state index >= 15 is 0 Å². The Bertz CT molecular complexity index is 577. The van der Waals surface area contributed by atoms with Crippen LogP contribution in [0.5, 0.6) is 11.6 Å². The highest BCUT2D eigenvalue weighted by molar-refractivity contribution is 9.10. The molecule has 1 unspecified atom stereocenters. The maximum atomic E-state index is 13.7. The molecule has 0 saturated heterocycles.